The summed E-state index contributed by atoms with van der Waals surface area (Å²) in [5.41, 5.74) is 1.13. The highest BCUT2D eigenvalue weighted by Gasteiger charge is 2.17. The van der Waals surface area contributed by atoms with Gasteiger partial charge in [0.05, 0.1) is 12.6 Å². The van der Waals surface area contributed by atoms with E-state index in [1.165, 1.54) is 19.3 Å². The second-order valence-corrected chi connectivity index (χ2v) is 6.21. The Morgan fingerprint density at radius 1 is 1.35 bits per heavy atom. The predicted octanol–water partition coefficient (Wildman–Crippen LogP) is 1.58. The van der Waals surface area contributed by atoms with Crippen molar-refractivity contribution in [3.63, 3.8) is 0 Å². The van der Waals surface area contributed by atoms with Crippen LogP contribution in [0.1, 0.15) is 49.4 Å². The van der Waals surface area contributed by atoms with Crippen molar-refractivity contribution in [3.8, 4) is 0 Å². The molecule has 2 aromatic heterocycles. The van der Waals surface area contributed by atoms with Crippen LogP contribution in [-0.2, 0) is 31.1 Å². The molecule has 1 amide bonds. The van der Waals surface area contributed by atoms with Gasteiger partial charge in [-0.05, 0) is 24.8 Å². The zero-order valence-electron chi connectivity index (χ0n) is 13.5. The van der Waals surface area contributed by atoms with Crippen LogP contribution in [0, 0.1) is 0 Å². The van der Waals surface area contributed by atoms with Crippen molar-refractivity contribution >= 4 is 5.91 Å². The van der Waals surface area contributed by atoms with Gasteiger partial charge in [-0.2, -0.15) is 10.1 Å². The van der Waals surface area contributed by atoms with E-state index in [2.05, 4.69) is 20.6 Å². The highest BCUT2D eigenvalue weighted by molar-refractivity contribution is 5.78. The summed E-state index contributed by atoms with van der Waals surface area (Å²) in [5, 5.41) is 11.1. The van der Waals surface area contributed by atoms with Gasteiger partial charge in [-0.1, -0.05) is 24.4 Å². The number of nitrogens with zero attached hydrogens (tertiary/aromatic N) is 4. The quantitative estimate of drug-likeness (QED) is 0.874. The Morgan fingerprint density at radius 2 is 2.17 bits per heavy atom. The first kappa shape index (κ1) is 15.7. The highest BCUT2D eigenvalue weighted by atomic mass is 16.5. The van der Waals surface area contributed by atoms with Gasteiger partial charge in [-0.3, -0.25) is 9.48 Å². The fourth-order valence-corrected chi connectivity index (χ4v) is 2.98. The van der Waals surface area contributed by atoms with E-state index in [-0.39, 0.29) is 12.3 Å². The Bertz CT molecular complexity index is 642. The summed E-state index contributed by atoms with van der Waals surface area (Å²) >= 11 is 0. The second kappa shape index (κ2) is 7.39. The minimum Gasteiger partial charge on any atom is -0.353 e. The Hall–Kier alpha value is -2.18. The number of hydrogen-bond acceptors (Lipinski definition) is 5. The molecule has 1 aliphatic carbocycles. The molecular formula is C16H23N5O2. The van der Waals surface area contributed by atoms with Gasteiger partial charge in [0, 0.05) is 25.7 Å². The number of amides is 1. The molecular weight excluding hydrogens is 294 g/mol. The van der Waals surface area contributed by atoms with Crippen LogP contribution in [0.2, 0.25) is 0 Å². The monoisotopic (exact) mass is 317 g/mol. The van der Waals surface area contributed by atoms with Crippen molar-refractivity contribution < 1.29 is 9.32 Å². The molecule has 7 nitrogen and oxygen atoms in total. The van der Waals surface area contributed by atoms with E-state index in [9.17, 15) is 4.79 Å². The van der Waals surface area contributed by atoms with Crippen LogP contribution in [0.4, 0.5) is 0 Å². The SMILES string of the molecule is Cn1cc(CCc2nc(CC(=O)NC3CCCCC3)no2)cn1. The number of carbonyl (C=O) groups excluding carboxylic acids is 1. The third-order valence-corrected chi connectivity index (χ3v) is 4.18. The van der Waals surface area contributed by atoms with E-state index in [0.717, 1.165) is 24.8 Å². The number of hydrogen-bond donors (Lipinski definition) is 1. The largest absolute Gasteiger partial charge is 0.353 e. The van der Waals surface area contributed by atoms with E-state index in [1.807, 2.05) is 19.4 Å². The Kier molecular flexibility index (Phi) is 5.05. The lowest BCUT2D eigenvalue weighted by Crippen LogP contribution is -2.37. The van der Waals surface area contributed by atoms with Gasteiger partial charge in [-0.15, -0.1) is 0 Å². The standard InChI is InChI=1S/C16H23N5O2/c1-21-11-12(10-17-21)7-8-16-19-14(20-23-16)9-15(22)18-13-5-3-2-4-6-13/h10-11,13H,2-9H2,1H3,(H,18,22). The zero-order valence-corrected chi connectivity index (χ0v) is 13.5. The second-order valence-electron chi connectivity index (χ2n) is 6.21. The predicted molar refractivity (Wildman–Crippen MR) is 83.6 cm³/mol. The molecule has 0 aromatic carbocycles. The van der Waals surface area contributed by atoms with Gasteiger partial charge in [0.2, 0.25) is 11.8 Å². The van der Waals surface area contributed by atoms with Crippen LogP contribution < -0.4 is 5.32 Å². The van der Waals surface area contributed by atoms with Crippen molar-refractivity contribution in [1.82, 2.24) is 25.2 Å². The molecule has 0 bridgehead atoms. The summed E-state index contributed by atoms with van der Waals surface area (Å²) in [5.74, 6) is 1.00. The van der Waals surface area contributed by atoms with E-state index < -0.39 is 0 Å². The topological polar surface area (TPSA) is 85.8 Å². The van der Waals surface area contributed by atoms with Crippen molar-refractivity contribution in [2.24, 2.45) is 7.05 Å². The summed E-state index contributed by atoms with van der Waals surface area (Å²) in [4.78, 5) is 16.3. The molecule has 1 aliphatic rings. The molecule has 0 unspecified atom stereocenters. The molecule has 1 saturated carbocycles. The summed E-state index contributed by atoms with van der Waals surface area (Å²) in [6.07, 6.45) is 11.3. The molecule has 0 atom stereocenters. The van der Waals surface area contributed by atoms with Crippen LogP contribution in [0.15, 0.2) is 16.9 Å². The van der Waals surface area contributed by atoms with Crippen LogP contribution >= 0.6 is 0 Å². The van der Waals surface area contributed by atoms with Gasteiger partial charge in [-0.25, -0.2) is 0 Å². The maximum absolute atomic E-state index is 12.0. The van der Waals surface area contributed by atoms with Gasteiger partial charge in [0.25, 0.3) is 0 Å². The van der Waals surface area contributed by atoms with Crippen molar-refractivity contribution in [2.45, 2.75) is 57.4 Å². The first-order valence-corrected chi connectivity index (χ1v) is 8.27. The van der Waals surface area contributed by atoms with Gasteiger partial charge in [0.15, 0.2) is 5.82 Å². The van der Waals surface area contributed by atoms with E-state index >= 15 is 0 Å². The van der Waals surface area contributed by atoms with Gasteiger partial charge in [0.1, 0.15) is 0 Å². The maximum atomic E-state index is 12.0. The minimum atomic E-state index is -0.0171. The molecule has 0 radical (unpaired) electrons. The molecule has 0 aliphatic heterocycles. The minimum absolute atomic E-state index is 0.0171. The first-order valence-electron chi connectivity index (χ1n) is 8.27. The molecule has 124 valence electrons. The average Bonchev–Trinajstić information content (AvgIpc) is 3.15. The van der Waals surface area contributed by atoms with Gasteiger partial charge < -0.3 is 9.84 Å². The zero-order chi connectivity index (χ0) is 16.1. The van der Waals surface area contributed by atoms with Crippen LogP contribution in [0.3, 0.4) is 0 Å². The molecule has 1 fully saturated rings. The summed E-state index contributed by atoms with van der Waals surface area (Å²) < 4.78 is 6.98. The van der Waals surface area contributed by atoms with Crippen molar-refractivity contribution in [2.75, 3.05) is 0 Å². The number of aromatic nitrogens is 4. The molecule has 2 aromatic rings. The summed E-state index contributed by atoms with van der Waals surface area (Å²) in [6.45, 7) is 0. The molecule has 7 heteroatoms. The van der Waals surface area contributed by atoms with Crippen LogP contribution in [-0.4, -0.2) is 31.9 Å². The maximum Gasteiger partial charge on any atom is 0.228 e. The van der Waals surface area contributed by atoms with E-state index in [1.54, 1.807) is 4.68 Å². The number of carbonyl (C=O) groups is 1. The Balaban J connectivity index is 1.45. The van der Waals surface area contributed by atoms with E-state index in [0.29, 0.717) is 24.2 Å². The van der Waals surface area contributed by atoms with Crippen molar-refractivity contribution in [3.05, 3.63) is 29.7 Å². The fourth-order valence-electron chi connectivity index (χ4n) is 2.98. The normalized spacial score (nSPS) is 15.7. The third-order valence-electron chi connectivity index (χ3n) is 4.18. The van der Waals surface area contributed by atoms with Gasteiger partial charge >= 0.3 is 0 Å². The Morgan fingerprint density at radius 3 is 2.91 bits per heavy atom. The smallest absolute Gasteiger partial charge is 0.228 e. The fraction of sp³-hybridized carbons (Fsp3) is 0.625. The number of aryl methyl sites for hydroxylation is 3. The lowest BCUT2D eigenvalue weighted by Gasteiger charge is -2.22. The highest BCUT2D eigenvalue weighted by Crippen LogP contribution is 2.17. The molecule has 2 heterocycles. The lowest BCUT2D eigenvalue weighted by atomic mass is 9.95. The summed E-state index contributed by atoms with van der Waals surface area (Å²) in [7, 11) is 1.89. The summed E-state index contributed by atoms with van der Waals surface area (Å²) in [6, 6.07) is 0.313. The lowest BCUT2D eigenvalue weighted by molar-refractivity contribution is -0.121. The first-order chi connectivity index (χ1) is 11.2. The van der Waals surface area contributed by atoms with E-state index in [4.69, 9.17) is 4.52 Å². The van der Waals surface area contributed by atoms with Crippen molar-refractivity contribution in [1.29, 1.82) is 0 Å². The Labute approximate surface area is 135 Å². The number of nitrogens with one attached hydrogen (secondary N) is 1. The van der Waals surface area contributed by atoms with Crippen LogP contribution in [0.25, 0.3) is 0 Å². The molecule has 23 heavy (non-hydrogen) atoms. The average molecular weight is 317 g/mol. The third kappa shape index (κ3) is 4.64. The number of rotatable bonds is 6. The molecule has 0 spiro atoms. The molecule has 3 rings (SSSR count). The molecule has 0 saturated heterocycles. The van der Waals surface area contributed by atoms with Crippen LogP contribution in [0.5, 0.6) is 0 Å². The molecule has 1 N–H and O–H groups in total.